The molecule has 1 aliphatic heterocycles. The van der Waals surface area contributed by atoms with E-state index in [9.17, 15) is 14.4 Å². The fraction of sp³-hybridized carbons (Fsp3) is 0. The SMILES string of the molecule is O=C(Oc1ccc(I)cc1)c1ccc(N2C(=O)c3ccccc3C2=O)cc1. The molecular formula is C21H12INO4. The van der Waals surface area contributed by atoms with Gasteiger partial charge in [0.1, 0.15) is 5.75 Å². The zero-order valence-corrected chi connectivity index (χ0v) is 16.0. The largest absolute Gasteiger partial charge is 0.423 e. The number of imide groups is 1. The van der Waals surface area contributed by atoms with E-state index in [2.05, 4.69) is 22.6 Å². The van der Waals surface area contributed by atoms with Gasteiger partial charge in [0.25, 0.3) is 11.8 Å². The highest BCUT2D eigenvalue weighted by molar-refractivity contribution is 14.1. The third-order valence-electron chi connectivity index (χ3n) is 4.18. The summed E-state index contributed by atoms with van der Waals surface area (Å²) in [4.78, 5) is 38.4. The van der Waals surface area contributed by atoms with Gasteiger partial charge < -0.3 is 4.74 Å². The van der Waals surface area contributed by atoms with E-state index in [4.69, 9.17) is 4.74 Å². The lowest BCUT2D eigenvalue weighted by Gasteiger charge is -2.14. The Morgan fingerprint density at radius 1 is 0.778 bits per heavy atom. The minimum atomic E-state index is -0.509. The van der Waals surface area contributed by atoms with Crippen molar-refractivity contribution in [2.45, 2.75) is 0 Å². The van der Waals surface area contributed by atoms with Crippen LogP contribution in [0, 0.1) is 3.57 Å². The van der Waals surface area contributed by atoms with Crippen molar-refractivity contribution in [1.82, 2.24) is 0 Å². The summed E-state index contributed by atoms with van der Waals surface area (Å²) in [7, 11) is 0. The van der Waals surface area contributed by atoms with Gasteiger partial charge in [0.05, 0.1) is 22.4 Å². The predicted octanol–water partition coefficient (Wildman–Crippen LogP) is 4.31. The van der Waals surface area contributed by atoms with Crippen molar-refractivity contribution in [2.24, 2.45) is 0 Å². The Hall–Kier alpha value is -3.00. The molecule has 0 aromatic heterocycles. The topological polar surface area (TPSA) is 63.7 Å². The normalized spacial score (nSPS) is 12.9. The van der Waals surface area contributed by atoms with Crippen LogP contribution in [0.5, 0.6) is 5.75 Å². The summed E-state index contributed by atoms with van der Waals surface area (Å²) in [5.41, 5.74) is 1.50. The number of esters is 1. The maximum atomic E-state index is 12.5. The molecule has 4 rings (SSSR count). The molecule has 0 unspecified atom stereocenters. The Labute approximate surface area is 168 Å². The molecule has 2 amide bonds. The zero-order chi connectivity index (χ0) is 19.0. The van der Waals surface area contributed by atoms with Crippen LogP contribution in [0.15, 0.2) is 72.8 Å². The number of halogens is 1. The number of anilines is 1. The second kappa shape index (κ2) is 6.96. The first kappa shape index (κ1) is 17.4. The van der Waals surface area contributed by atoms with E-state index in [0.717, 1.165) is 8.47 Å². The van der Waals surface area contributed by atoms with Gasteiger partial charge in [-0.05, 0) is 83.3 Å². The van der Waals surface area contributed by atoms with Gasteiger partial charge in [0.15, 0.2) is 0 Å². The van der Waals surface area contributed by atoms with Gasteiger partial charge in [0.2, 0.25) is 0 Å². The molecule has 3 aromatic rings. The molecule has 3 aromatic carbocycles. The van der Waals surface area contributed by atoms with Crippen LogP contribution in [-0.2, 0) is 0 Å². The smallest absolute Gasteiger partial charge is 0.343 e. The minimum absolute atomic E-state index is 0.328. The van der Waals surface area contributed by atoms with Crippen LogP contribution >= 0.6 is 22.6 Å². The van der Waals surface area contributed by atoms with Gasteiger partial charge in [-0.2, -0.15) is 0 Å². The molecule has 0 aliphatic carbocycles. The first-order valence-corrected chi connectivity index (χ1v) is 9.18. The summed E-state index contributed by atoms with van der Waals surface area (Å²) in [6.07, 6.45) is 0. The van der Waals surface area contributed by atoms with E-state index in [0.29, 0.717) is 28.1 Å². The third-order valence-corrected chi connectivity index (χ3v) is 4.90. The third kappa shape index (κ3) is 3.23. The molecule has 1 aliphatic rings. The Balaban J connectivity index is 1.54. The van der Waals surface area contributed by atoms with E-state index >= 15 is 0 Å². The highest BCUT2D eigenvalue weighted by Gasteiger charge is 2.36. The van der Waals surface area contributed by atoms with Crippen molar-refractivity contribution in [1.29, 1.82) is 0 Å². The summed E-state index contributed by atoms with van der Waals surface area (Å²) < 4.78 is 6.36. The van der Waals surface area contributed by atoms with Gasteiger partial charge in [-0.15, -0.1) is 0 Å². The van der Waals surface area contributed by atoms with E-state index in [1.165, 1.54) is 12.1 Å². The Kier molecular flexibility index (Phi) is 4.49. The number of benzene rings is 3. The van der Waals surface area contributed by atoms with Gasteiger partial charge >= 0.3 is 5.97 Å². The lowest BCUT2D eigenvalue weighted by atomic mass is 10.1. The Morgan fingerprint density at radius 3 is 1.89 bits per heavy atom. The van der Waals surface area contributed by atoms with Crippen molar-refractivity contribution in [3.05, 3.63) is 93.1 Å². The summed E-state index contributed by atoms with van der Waals surface area (Å²) in [6, 6.07) is 20.0. The first-order chi connectivity index (χ1) is 13.0. The van der Waals surface area contributed by atoms with Crippen LogP contribution in [-0.4, -0.2) is 17.8 Å². The molecule has 0 spiro atoms. The van der Waals surface area contributed by atoms with Crippen molar-refractivity contribution in [3.8, 4) is 5.75 Å². The van der Waals surface area contributed by atoms with Crippen LogP contribution < -0.4 is 9.64 Å². The number of ether oxygens (including phenoxy) is 1. The van der Waals surface area contributed by atoms with E-state index in [-0.39, 0.29) is 11.8 Å². The highest BCUT2D eigenvalue weighted by Crippen LogP contribution is 2.28. The fourth-order valence-corrected chi connectivity index (χ4v) is 3.20. The van der Waals surface area contributed by atoms with Crippen molar-refractivity contribution in [2.75, 3.05) is 4.90 Å². The molecule has 0 atom stereocenters. The number of carbonyl (C=O) groups excluding carboxylic acids is 3. The molecule has 0 bridgehead atoms. The fourth-order valence-electron chi connectivity index (χ4n) is 2.84. The number of fused-ring (bicyclic) bond motifs is 1. The standard InChI is InChI=1S/C21H12INO4/c22-14-7-11-16(12-8-14)27-21(26)13-5-9-15(10-6-13)23-19(24)17-3-1-2-4-18(17)20(23)25/h1-12H. The quantitative estimate of drug-likeness (QED) is 0.248. The van der Waals surface area contributed by atoms with Gasteiger partial charge in [-0.25, -0.2) is 9.69 Å². The number of rotatable bonds is 3. The number of amides is 2. The van der Waals surface area contributed by atoms with Gasteiger partial charge in [0, 0.05) is 3.57 Å². The summed E-state index contributed by atoms with van der Waals surface area (Å²) in [5, 5.41) is 0. The molecule has 6 heteroatoms. The average molecular weight is 469 g/mol. The van der Waals surface area contributed by atoms with Gasteiger partial charge in [-0.3, -0.25) is 9.59 Å². The van der Waals surface area contributed by atoms with Crippen LogP contribution in [0.4, 0.5) is 5.69 Å². The maximum absolute atomic E-state index is 12.5. The molecule has 5 nitrogen and oxygen atoms in total. The minimum Gasteiger partial charge on any atom is -0.423 e. The number of hydrogen-bond donors (Lipinski definition) is 0. The van der Waals surface area contributed by atoms with E-state index < -0.39 is 5.97 Å². The first-order valence-electron chi connectivity index (χ1n) is 8.10. The lowest BCUT2D eigenvalue weighted by Crippen LogP contribution is -2.29. The van der Waals surface area contributed by atoms with Crippen molar-refractivity contribution in [3.63, 3.8) is 0 Å². The second-order valence-electron chi connectivity index (χ2n) is 5.88. The molecule has 1 heterocycles. The predicted molar refractivity (Wildman–Crippen MR) is 108 cm³/mol. The second-order valence-corrected chi connectivity index (χ2v) is 7.13. The Morgan fingerprint density at radius 2 is 1.33 bits per heavy atom. The molecular weight excluding hydrogens is 457 g/mol. The highest BCUT2D eigenvalue weighted by atomic mass is 127. The molecule has 132 valence electrons. The lowest BCUT2D eigenvalue weighted by molar-refractivity contribution is 0.0734. The molecule has 0 N–H and O–H groups in total. The maximum Gasteiger partial charge on any atom is 0.343 e. The summed E-state index contributed by atoms with van der Waals surface area (Å²) in [6.45, 7) is 0. The average Bonchev–Trinajstić information content (AvgIpc) is 2.95. The number of hydrogen-bond acceptors (Lipinski definition) is 4. The monoisotopic (exact) mass is 469 g/mol. The molecule has 0 saturated carbocycles. The molecule has 27 heavy (non-hydrogen) atoms. The van der Waals surface area contributed by atoms with Crippen LogP contribution in [0.25, 0.3) is 0 Å². The summed E-state index contributed by atoms with van der Waals surface area (Å²) in [5.74, 6) is -0.801. The van der Waals surface area contributed by atoms with Crippen molar-refractivity contribution < 1.29 is 19.1 Å². The van der Waals surface area contributed by atoms with Crippen LogP contribution in [0.1, 0.15) is 31.1 Å². The molecule has 0 fully saturated rings. The number of nitrogens with zero attached hydrogens (tertiary/aromatic N) is 1. The van der Waals surface area contributed by atoms with Crippen LogP contribution in [0.3, 0.4) is 0 Å². The Bertz CT molecular complexity index is 1020. The van der Waals surface area contributed by atoms with E-state index in [1.807, 2.05) is 12.1 Å². The zero-order valence-electron chi connectivity index (χ0n) is 13.9. The summed E-state index contributed by atoms with van der Waals surface area (Å²) >= 11 is 2.17. The molecule has 0 radical (unpaired) electrons. The molecule has 0 saturated heterocycles. The van der Waals surface area contributed by atoms with E-state index in [1.54, 1.807) is 48.5 Å². The van der Waals surface area contributed by atoms with Crippen LogP contribution in [0.2, 0.25) is 0 Å². The number of carbonyl (C=O) groups is 3. The van der Waals surface area contributed by atoms with Gasteiger partial charge in [-0.1, -0.05) is 12.1 Å². The van der Waals surface area contributed by atoms with Crippen molar-refractivity contribution >= 4 is 46.1 Å².